The van der Waals surface area contributed by atoms with E-state index >= 15 is 0 Å². The van der Waals surface area contributed by atoms with Crippen molar-refractivity contribution >= 4 is 34.1 Å². The van der Waals surface area contributed by atoms with E-state index in [1.165, 1.54) is 0 Å². The number of carbonyl (C=O) groups is 1. The summed E-state index contributed by atoms with van der Waals surface area (Å²) in [6, 6.07) is 13.4. The van der Waals surface area contributed by atoms with Crippen molar-refractivity contribution in [3.8, 4) is 0 Å². The van der Waals surface area contributed by atoms with Crippen molar-refractivity contribution in [1.82, 2.24) is 24.5 Å². The lowest BCUT2D eigenvalue weighted by Gasteiger charge is -2.31. The number of carbonyl (C=O) groups excluding carboxylic acids is 1. The maximum atomic E-state index is 12.9. The minimum atomic E-state index is 0.0341. The Kier molecular flexibility index (Phi) is 3.86. The molecule has 27 heavy (non-hydrogen) atoms. The molecule has 1 fully saturated rings. The standard InChI is InChI=1S/C20H18ClN5O/c21-15-4-5-16-14(11-15)12-17(22-16)20(27)25-9-6-13(7-10-25)19-24-23-18-3-1-2-8-26(18)19/h1-5,8,11-13,22H,6-7,9-10H2. The zero-order chi connectivity index (χ0) is 18.4. The molecule has 1 saturated heterocycles. The first-order valence-electron chi connectivity index (χ1n) is 9.06. The summed E-state index contributed by atoms with van der Waals surface area (Å²) in [7, 11) is 0. The van der Waals surface area contributed by atoms with Crippen molar-refractivity contribution in [2.45, 2.75) is 18.8 Å². The number of H-pyrrole nitrogens is 1. The van der Waals surface area contributed by atoms with Gasteiger partial charge in [0.15, 0.2) is 5.65 Å². The second kappa shape index (κ2) is 6.39. The van der Waals surface area contributed by atoms with Crippen LogP contribution in [0.4, 0.5) is 0 Å². The van der Waals surface area contributed by atoms with Crippen molar-refractivity contribution in [2.75, 3.05) is 13.1 Å². The normalized spacial score (nSPS) is 15.7. The van der Waals surface area contributed by atoms with E-state index in [1.807, 2.05) is 58.0 Å². The second-order valence-electron chi connectivity index (χ2n) is 6.97. The summed E-state index contributed by atoms with van der Waals surface area (Å²) >= 11 is 6.04. The Morgan fingerprint density at radius 3 is 2.81 bits per heavy atom. The molecule has 6 nitrogen and oxygen atoms in total. The highest BCUT2D eigenvalue weighted by Crippen LogP contribution is 2.28. The summed E-state index contributed by atoms with van der Waals surface area (Å²) in [5.41, 5.74) is 2.40. The first-order chi connectivity index (χ1) is 13.2. The van der Waals surface area contributed by atoms with Gasteiger partial charge in [0.1, 0.15) is 11.5 Å². The molecule has 0 atom stereocenters. The maximum absolute atomic E-state index is 12.9. The monoisotopic (exact) mass is 379 g/mol. The minimum absolute atomic E-state index is 0.0341. The average Bonchev–Trinajstić information content (AvgIpc) is 3.31. The molecular formula is C20H18ClN5O. The Hall–Kier alpha value is -2.86. The molecule has 1 amide bonds. The molecule has 1 aliphatic heterocycles. The smallest absolute Gasteiger partial charge is 0.270 e. The van der Waals surface area contributed by atoms with Gasteiger partial charge in [0.25, 0.3) is 5.91 Å². The largest absolute Gasteiger partial charge is 0.351 e. The first-order valence-corrected chi connectivity index (χ1v) is 9.44. The van der Waals surface area contributed by atoms with Crippen LogP contribution in [0.5, 0.6) is 0 Å². The molecule has 5 rings (SSSR count). The highest BCUT2D eigenvalue weighted by atomic mass is 35.5. The maximum Gasteiger partial charge on any atom is 0.270 e. The number of aromatic amines is 1. The van der Waals surface area contributed by atoms with Gasteiger partial charge < -0.3 is 9.88 Å². The van der Waals surface area contributed by atoms with Crippen molar-refractivity contribution in [2.24, 2.45) is 0 Å². The zero-order valence-electron chi connectivity index (χ0n) is 14.6. The number of pyridine rings is 1. The van der Waals surface area contributed by atoms with Gasteiger partial charge in [-0.3, -0.25) is 9.20 Å². The fourth-order valence-electron chi connectivity index (χ4n) is 3.87. The van der Waals surface area contributed by atoms with Crippen LogP contribution in [0.15, 0.2) is 48.7 Å². The van der Waals surface area contributed by atoms with Gasteiger partial charge in [-0.2, -0.15) is 0 Å². The molecule has 4 heterocycles. The molecule has 1 N–H and O–H groups in total. The van der Waals surface area contributed by atoms with E-state index in [2.05, 4.69) is 15.2 Å². The van der Waals surface area contributed by atoms with Gasteiger partial charge in [-0.15, -0.1) is 10.2 Å². The lowest BCUT2D eigenvalue weighted by molar-refractivity contribution is 0.0706. The van der Waals surface area contributed by atoms with Gasteiger partial charge in [-0.05, 0) is 49.2 Å². The Morgan fingerprint density at radius 1 is 1.11 bits per heavy atom. The quantitative estimate of drug-likeness (QED) is 0.574. The first kappa shape index (κ1) is 16.3. The number of piperidine rings is 1. The molecule has 0 unspecified atom stereocenters. The zero-order valence-corrected chi connectivity index (χ0v) is 15.4. The summed E-state index contributed by atoms with van der Waals surface area (Å²) < 4.78 is 2.05. The average molecular weight is 380 g/mol. The molecule has 0 bridgehead atoms. The summed E-state index contributed by atoms with van der Waals surface area (Å²) in [6.45, 7) is 1.42. The number of halogens is 1. The number of hydrogen-bond donors (Lipinski definition) is 1. The molecule has 1 aromatic carbocycles. The van der Waals surface area contributed by atoms with Crippen LogP contribution in [-0.4, -0.2) is 43.5 Å². The van der Waals surface area contributed by atoms with Gasteiger partial charge in [-0.1, -0.05) is 17.7 Å². The molecule has 4 aromatic rings. The van der Waals surface area contributed by atoms with Crippen LogP contribution < -0.4 is 0 Å². The van der Waals surface area contributed by atoms with Gasteiger partial charge in [0, 0.05) is 41.1 Å². The molecule has 0 radical (unpaired) electrons. The van der Waals surface area contributed by atoms with Crippen LogP contribution in [0.3, 0.4) is 0 Å². The Labute approximate surface area is 160 Å². The van der Waals surface area contributed by atoms with Gasteiger partial charge in [0.2, 0.25) is 0 Å². The number of aromatic nitrogens is 4. The van der Waals surface area contributed by atoms with E-state index in [0.717, 1.165) is 35.2 Å². The number of benzene rings is 1. The molecule has 3 aromatic heterocycles. The molecule has 0 spiro atoms. The van der Waals surface area contributed by atoms with Crippen LogP contribution >= 0.6 is 11.6 Å². The van der Waals surface area contributed by atoms with Crippen molar-refractivity contribution in [3.63, 3.8) is 0 Å². The number of hydrogen-bond acceptors (Lipinski definition) is 3. The van der Waals surface area contributed by atoms with Gasteiger partial charge in [-0.25, -0.2) is 0 Å². The molecule has 1 aliphatic rings. The molecule has 0 aliphatic carbocycles. The van der Waals surface area contributed by atoms with Crippen LogP contribution in [0, 0.1) is 0 Å². The Balaban J connectivity index is 1.32. The van der Waals surface area contributed by atoms with E-state index in [4.69, 9.17) is 11.6 Å². The van der Waals surface area contributed by atoms with Crippen molar-refractivity contribution in [1.29, 1.82) is 0 Å². The van der Waals surface area contributed by atoms with E-state index in [9.17, 15) is 4.79 Å². The number of fused-ring (bicyclic) bond motifs is 2. The van der Waals surface area contributed by atoms with E-state index in [-0.39, 0.29) is 5.91 Å². The summed E-state index contributed by atoms with van der Waals surface area (Å²) in [4.78, 5) is 18.0. The number of amides is 1. The van der Waals surface area contributed by atoms with E-state index in [1.54, 1.807) is 0 Å². The summed E-state index contributed by atoms with van der Waals surface area (Å²) in [5, 5.41) is 10.2. The fourth-order valence-corrected chi connectivity index (χ4v) is 4.05. The van der Waals surface area contributed by atoms with Crippen LogP contribution in [0.1, 0.15) is 35.1 Å². The third kappa shape index (κ3) is 2.86. The molecular weight excluding hydrogens is 362 g/mol. The highest BCUT2D eigenvalue weighted by molar-refractivity contribution is 6.31. The summed E-state index contributed by atoms with van der Waals surface area (Å²) in [6.07, 6.45) is 3.76. The highest BCUT2D eigenvalue weighted by Gasteiger charge is 2.28. The Bertz CT molecular complexity index is 1140. The third-order valence-electron chi connectivity index (χ3n) is 5.30. The molecule has 7 heteroatoms. The fraction of sp³-hybridized carbons (Fsp3) is 0.250. The third-order valence-corrected chi connectivity index (χ3v) is 5.54. The van der Waals surface area contributed by atoms with Crippen molar-refractivity contribution < 1.29 is 4.79 Å². The predicted octanol–water partition coefficient (Wildman–Crippen LogP) is 3.88. The predicted molar refractivity (Wildman–Crippen MR) is 104 cm³/mol. The molecule has 136 valence electrons. The number of nitrogens with one attached hydrogen (secondary N) is 1. The second-order valence-corrected chi connectivity index (χ2v) is 7.40. The van der Waals surface area contributed by atoms with E-state index in [0.29, 0.717) is 29.7 Å². The molecule has 0 saturated carbocycles. The topological polar surface area (TPSA) is 66.3 Å². The van der Waals surface area contributed by atoms with Crippen LogP contribution in [-0.2, 0) is 0 Å². The number of nitrogens with zero attached hydrogens (tertiary/aromatic N) is 4. The van der Waals surface area contributed by atoms with Crippen LogP contribution in [0.2, 0.25) is 5.02 Å². The minimum Gasteiger partial charge on any atom is -0.351 e. The SMILES string of the molecule is O=C(c1cc2cc(Cl)ccc2[nH]1)N1CCC(c2nnc3ccccn23)CC1. The van der Waals surface area contributed by atoms with Crippen LogP contribution in [0.25, 0.3) is 16.6 Å². The summed E-state index contributed by atoms with van der Waals surface area (Å²) in [5.74, 6) is 1.33. The van der Waals surface area contributed by atoms with E-state index < -0.39 is 0 Å². The Morgan fingerprint density at radius 2 is 1.96 bits per heavy atom. The lowest BCUT2D eigenvalue weighted by Crippen LogP contribution is -2.38. The number of likely N-dealkylation sites (tertiary alicyclic amines) is 1. The number of rotatable bonds is 2. The van der Waals surface area contributed by atoms with Gasteiger partial charge >= 0.3 is 0 Å². The van der Waals surface area contributed by atoms with Crippen molar-refractivity contribution in [3.05, 3.63) is 65.2 Å². The lowest BCUT2D eigenvalue weighted by atomic mass is 9.96. The van der Waals surface area contributed by atoms with Gasteiger partial charge in [0.05, 0.1) is 0 Å².